The largest absolute Gasteiger partial charge is 0.494 e. The molecule has 4 rings (SSSR count). The SMILES string of the molecule is CCCCCCCOc1ccc(-c2cnc(-c3ccc(CC(NC(=O)c4ccc(C(C)(C)C)s4)C(=O)NC(C)C(O)/C(N)=C/C=C\N)cc3)nc2)cc1. The van der Waals surface area contributed by atoms with Gasteiger partial charge in [-0.25, -0.2) is 9.97 Å². The Morgan fingerprint density at radius 2 is 1.57 bits per heavy atom. The molecule has 0 saturated heterocycles. The normalized spacial score (nSPS) is 13.7. The standard InChI is InChI=1S/C42H54N6O4S/c1-6-7-8-9-10-24-52-33-19-17-30(18-20-33)32-26-45-39(46-27-32)31-15-13-29(14-16-31)25-35(40(50)47-28(2)38(49)34(44)12-11-23-43)48-41(51)36-21-22-37(53-36)42(3,4)5/h11-23,26-28,35,38,49H,6-10,24-25,43-44H2,1-5H3,(H,47,50)(H,48,51)/b23-11-,34-12-. The minimum absolute atomic E-state index is 0.114. The van der Waals surface area contributed by atoms with Gasteiger partial charge in [0.05, 0.1) is 17.5 Å². The number of amides is 2. The number of hydrogen-bond donors (Lipinski definition) is 5. The van der Waals surface area contributed by atoms with E-state index in [-0.39, 0.29) is 23.4 Å². The first-order valence-electron chi connectivity index (χ1n) is 18.3. The third kappa shape index (κ3) is 12.3. The van der Waals surface area contributed by atoms with E-state index in [0.717, 1.165) is 45.9 Å². The summed E-state index contributed by atoms with van der Waals surface area (Å²) in [6.07, 6.45) is 12.9. The summed E-state index contributed by atoms with van der Waals surface area (Å²) in [5.74, 6) is 0.615. The molecule has 11 heteroatoms. The molecule has 0 saturated carbocycles. The second-order valence-corrected chi connectivity index (χ2v) is 15.3. The lowest BCUT2D eigenvalue weighted by Crippen LogP contribution is -2.53. The monoisotopic (exact) mass is 738 g/mol. The van der Waals surface area contributed by atoms with Gasteiger partial charge in [-0.3, -0.25) is 9.59 Å². The van der Waals surface area contributed by atoms with Crippen LogP contribution in [0.1, 0.15) is 86.8 Å². The first kappa shape index (κ1) is 40.8. The summed E-state index contributed by atoms with van der Waals surface area (Å²) in [7, 11) is 0. The van der Waals surface area contributed by atoms with Crippen LogP contribution in [0.3, 0.4) is 0 Å². The van der Waals surface area contributed by atoms with Crippen molar-refractivity contribution in [3.05, 3.63) is 112 Å². The highest BCUT2D eigenvalue weighted by atomic mass is 32.1. The fraction of sp³-hybridized carbons (Fsp3) is 0.381. The van der Waals surface area contributed by atoms with Gasteiger partial charge < -0.3 is 31.9 Å². The Balaban J connectivity index is 1.43. The maximum atomic E-state index is 13.6. The Hall–Kier alpha value is -5.00. The lowest BCUT2D eigenvalue weighted by molar-refractivity contribution is -0.124. The zero-order valence-electron chi connectivity index (χ0n) is 31.5. The lowest BCUT2D eigenvalue weighted by atomic mass is 9.95. The second-order valence-electron chi connectivity index (χ2n) is 14.2. The Kier molecular flexibility index (Phi) is 15.2. The molecule has 0 fully saturated rings. The number of aliphatic hydroxyl groups excluding tert-OH is 1. The molecule has 2 aromatic heterocycles. The van der Waals surface area contributed by atoms with Crippen LogP contribution in [0.2, 0.25) is 0 Å². The zero-order chi connectivity index (χ0) is 38.4. The fourth-order valence-electron chi connectivity index (χ4n) is 5.55. The van der Waals surface area contributed by atoms with E-state index in [1.54, 1.807) is 25.4 Å². The molecule has 10 nitrogen and oxygen atoms in total. The van der Waals surface area contributed by atoms with E-state index in [2.05, 4.69) is 48.3 Å². The smallest absolute Gasteiger partial charge is 0.262 e. The molecule has 3 atom stereocenters. The number of ether oxygens (including phenoxy) is 1. The van der Waals surface area contributed by atoms with Gasteiger partial charge in [0.15, 0.2) is 5.82 Å². The van der Waals surface area contributed by atoms with Crippen molar-refractivity contribution in [2.24, 2.45) is 11.5 Å². The van der Waals surface area contributed by atoms with Gasteiger partial charge in [-0.15, -0.1) is 11.3 Å². The average Bonchev–Trinajstić information content (AvgIpc) is 3.67. The van der Waals surface area contributed by atoms with E-state index >= 15 is 0 Å². The third-order valence-corrected chi connectivity index (χ3v) is 10.3. The number of carbonyl (C=O) groups is 2. The van der Waals surface area contributed by atoms with Crippen LogP contribution < -0.4 is 26.8 Å². The van der Waals surface area contributed by atoms with E-state index in [0.29, 0.717) is 10.7 Å². The maximum Gasteiger partial charge on any atom is 0.262 e. The molecular formula is C42H54N6O4S. The Labute approximate surface area is 317 Å². The number of unbranched alkanes of at least 4 members (excludes halogenated alkanes) is 4. The topological polar surface area (TPSA) is 165 Å². The molecule has 2 amide bonds. The summed E-state index contributed by atoms with van der Waals surface area (Å²) in [6.45, 7) is 10.8. The molecule has 0 aliphatic heterocycles. The molecule has 4 aromatic rings. The number of benzene rings is 2. The molecule has 3 unspecified atom stereocenters. The second kappa shape index (κ2) is 19.7. The Bertz CT molecular complexity index is 1810. The highest BCUT2D eigenvalue weighted by molar-refractivity contribution is 7.14. The summed E-state index contributed by atoms with van der Waals surface area (Å²) >= 11 is 1.40. The first-order valence-corrected chi connectivity index (χ1v) is 19.1. The van der Waals surface area contributed by atoms with E-state index in [1.807, 2.05) is 54.6 Å². The molecule has 0 bridgehead atoms. The van der Waals surface area contributed by atoms with Crippen molar-refractivity contribution in [1.82, 2.24) is 20.6 Å². The highest BCUT2D eigenvalue weighted by Gasteiger charge is 2.27. The summed E-state index contributed by atoms with van der Waals surface area (Å²) in [5, 5.41) is 16.4. The molecule has 2 aromatic carbocycles. The van der Waals surface area contributed by atoms with Crippen molar-refractivity contribution in [3.63, 3.8) is 0 Å². The lowest BCUT2D eigenvalue weighted by Gasteiger charge is -2.24. The van der Waals surface area contributed by atoms with E-state index < -0.39 is 24.1 Å². The van der Waals surface area contributed by atoms with Crippen LogP contribution in [0.5, 0.6) is 5.75 Å². The number of allylic oxidation sites excluding steroid dienone is 2. The van der Waals surface area contributed by atoms with Gasteiger partial charge in [0.2, 0.25) is 5.91 Å². The van der Waals surface area contributed by atoms with Crippen LogP contribution in [0.15, 0.2) is 97.1 Å². The van der Waals surface area contributed by atoms with E-state index in [9.17, 15) is 14.7 Å². The van der Waals surface area contributed by atoms with Gasteiger partial charge >= 0.3 is 0 Å². The molecule has 282 valence electrons. The van der Waals surface area contributed by atoms with Gasteiger partial charge in [-0.1, -0.05) is 89.8 Å². The minimum Gasteiger partial charge on any atom is -0.494 e. The number of carbonyl (C=O) groups excluding carboxylic acids is 2. The van der Waals surface area contributed by atoms with Gasteiger partial charge in [0.1, 0.15) is 17.9 Å². The fourth-order valence-corrected chi connectivity index (χ4v) is 6.52. The third-order valence-electron chi connectivity index (χ3n) is 8.78. The van der Waals surface area contributed by atoms with Crippen LogP contribution >= 0.6 is 11.3 Å². The molecule has 2 heterocycles. The van der Waals surface area contributed by atoms with Crippen molar-refractivity contribution < 1.29 is 19.4 Å². The molecule has 0 aliphatic rings. The number of aliphatic hydroxyl groups is 1. The summed E-state index contributed by atoms with van der Waals surface area (Å²) in [4.78, 5) is 37.8. The Morgan fingerprint density at radius 3 is 2.19 bits per heavy atom. The maximum absolute atomic E-state index is 13.6. The highest BCUT2D eigenvalue weighted by Crippen LogP contribution is 2.30. The van der Waals surface area contributed by atoms with Crippen LogP contribution in [0.25, 0.3) is 22.5 Å². The van der Waals surface area contributed by atoms with Crippen molar-refractivity contribution in [3.8, 4) is 28.3 Å². The summed E-state index contributed by atoms with van der Waals surface area (Å²) < 4.78 is 5.90. The number of nitrogens with two attached hydrogens (primary N) is 2. The van der Waals surface area contributed by atoms with Gasteiger partial charge in [-0.05, 0) is 72.5 Å². The molecule has 0 spiro atoms. The molecule has 53 heavy (non-hydrogen) atoms. The molecule has 7 N–H and O–H groups in total. The quantitative estimate of drug-likeness (QED) is 0.0536. The van der Waals surface area contributed by atoms with Gasteiger partial charge in [-0.2, -0.15) is 0 Å². The number of thiophene rings is 1. The first-order chi connectivity index (χ1) is 25.4. The van der Waals surface area contributed by atoms with Crippen LogP contribution in [0, 0.1) is 0 Å². The molecule has 0 radical (unpaired) electrons. The van der Waals surface area contributed by atoms with Gasteiger partial charge in [0, 0.05) is 40.5 Å². The predicted octanol–water partition coefficient (Wildman–Crippen LogP) is 7.04. The number of hydrogen-bond acceptors (Lipinski definition) is 9. The number of aromatic nitrogens is 2. The minimum atomic E-state index is -1.16. The molecule has 0 aliphatic carbocycles. The molecular weight excluding hydrogens is 685 g/mol. The summed E-state index contributed by atoms with van der Waals surface area (Å²) in [5.41, 5.74) is 14.9. The number of rotatable bonds is 18. The van der Waals surface area contributed by atoms with Crippen LogP contribution in [0.4, 0.5) is 0 Å². The van der Waals surface area contributed by atoms with Crippen molar-refractivity contribution in [2.75, 3.05) is 6.61 Å². The van der Waals surface area contributed by atoms with E-state index in [4.69, 9.17) is 16.2 Å². The van der Waals surface area contributed by atoms with Gasteiger partial charge in [0.25, 0.3) is 5.91 Å². The zero-order valence-corrected chi connectivity index (χ0v) is 32.3. The average molecular weight is 739 g/mol. The van der Waals surface area contributed by atoms with Crippen LogP contribution in [-0.2, 0) is 16.6 Å². The van der Waals surface area contributed by atoms with Crippen molar-refractivity contribution >= 4 is 23.2 Å². The number of nitrogens with zero attached hydrogens (tertiary/aromatic N) is 2. The Morgan fingerprint density at radius 1 is 0.906 bits per heavy atom. The van der Waals surface area contributed by atoms with Crippen molar-refractivity contribution in [2.45, 2.75) is 96.7 Å². The van der Waals surface area contributed by atoms with Crippen LogP contribution in [-0.4, -0.2) is 51.7 Å². The predicted molar refractivity (Wildman–Crippen MR) is 214 cm³/mol. The van der Waals surface area contributed by atoms with E-state index in [1.165, 1.54) is 55.4 Å². The van der Waals surface area contributed by atoms with Crippen molar-refractivity contribution in [1.29, 1.82) is 0 Å². The number of nitrogens with one attached hydrogen (secondary N) is 2. The summed E-state index contributed by atoms with van der Waals surface area (Å²) in [6, 6.07) is 17.6.